The van der Waals surface area contributed by atoms with Crippen molar-refractivity contribution in [2.75, 3.05) is 33.2 Å². The Morgan fingerprint density at radius 3 is 2.74 bits per heavy atom. The van der Waals surface area contributed by atoms with Gasteiger partial charge in [0.05, 0.1) is 6.54 Å². The van der Waals surface area contributed by atoms with Crippen molar-refractivity contribution >= 4 is 11.9 Å². The third-order valence-corrected chi connectivity index (χ3v) is 2.88. The van der Waals surface area contributed by atoms with Crippen LogP contribution < -0.4 is 10.6 Å². The number of benzene rings is 1. The molecule has 0 bridgehead atoms. The highest BCUT2D eigenvalue weighted by molar-refractivity contribution is 5.94. The number of carbonyl (C=O) groups is 1. The molecule has 3 N–H and O–H groups in total. The predicted molar refractivity (Wildman–Crippen MR) is 73.4 cm³/mol. The Labute approximate surface area is 112 Å². The van der Waals surface area contributed by atoms with Gasteiger partial charge in [0.2, 0.25) is 0 Å². The molecule has 19 heavy (non-hydrogen) atoms. The summed E-state index contributed by atoms with van der Waals surface area (Å²) in [5.41, 5.74) is 0.535. The fourth-order valence-electron chi connectivity index (χ4n) is 1.79. The lowest BCUT2D eigenvalue weighted by atomic mass is 10.2. The number of guanidine groups is 1. The number of phenols is 1. The highest BCUT2D eigenvalue weighted by Crippen LogP contribution is 2.09. The molecule has 1 aromatic rings. The third kappa shape index (κ3) is 3.61. The van der Waals surface area contributed by atoms with Gasteiger partial charge in [0.25, 0.3) is 5.91 Å². The van der Waals surface area contributed by atoms with Crippen LogP contribution in [-0.4, -0.2) is 55.1 Å². The third-order valence-electron chi connectivity index (χ3n) is 2.88. The summed E-state index contributed by atoms with van der Waals surface area (Å²) in [7, 11) is 1.98. The minimum Gasteiger partial charge on any atom is -0.508 e. The van der Waals surface area contributed by atoms with Crippen molar-refractivity contribution in [3.8, 4) is 5.75 Å². The summed E-state index contributed by atoms with van der Waals surface area (Å²) >= 11 is 0. The molecule has 1 aromatic carbocycles. The molecule has 0 saturated heterocycles. The maximum atomic E-state index is 11.8. The lowest BCUT2D eigenvalue weighted by Crippen LogP contribution is -2.40. The molecule has 0 radical (unpaired) electrons. The van der Waals surface area contributed by atoms with Crippen molar-refractivity contribution in [3.63, 3.8) is 0 Å². The largest absolute Gasteiger partial charge is 0.508 e. The second-order valence-corrected chi connectivity index (χ2v) is 4.36. The minimum atomic E-state index is -0.150. The molecule has 0 fully saturated rings. The molecule has 1 amide bonds. The van der Waals surface area contributed by atoms with Gasteiger partial charge in [0.1, 0.15) is 5.75 Å². The molecule has 0 unspecified atom stereocenters. The van der Waals surface area contributed by atoms with Crippen molar-refractivity contribution in [1.82, 2.24) is 15.5 Å². The van der Waals surface area contributed by atoms with E-state index in [0.717, 1.165) is 19.0 Å². The molecule has 1 heterocycles. The number of aromatic hydroxyl groups is 1. The van der Waals surface area contributed by atoms with E-state index in [1.807, 2.05) is 11.9 Å². The Morgan fingerprint density at radius 1 is 1.37 bits per heavy atom. The van der Waals surface area contributed by atoms with E-state index in [-0.39, 0.29) is 11.7 Å². The molecule has 6 heteroatoms. The van der Waals surface area contributed by atoms with E-state index in [1.54, 1.807) is 12.1 Å². The molecular formula is C13H18N4O2. The van der Waals surface area contributed by atoms with Crippen LogP contribution in [0, 0.1) is 0 Å². The van der Waals surface area contributed by atoms with Crippen LogP contribution in [0.15, 0.2) is 29.3 Å². The van der Waals surface area contributed by atoms with Gasteiger partial charge in [-0.1, -0.05) is 0 Å². The molecule has 6 nitrogen and oxygen atoms in total. The van der Waals surface area contributed by atoms with Gasteiger partial charge in [-0.05, 0) is 24.3 Å². The van der Waals surface area contributed by atoms with Crippen LogP contribution in [0.3, 0.4) is 0 Å². The monoisotopic (exact) mass is 262 g/mol. The molecule has 0 atom stereocenters. The van der Waals surface area contributed by atoms with E-state index in [4.69, 9.17) is 5.11 Å². The summed E-state index contributed by atoms with van der Waals surface area (Å²) in [4.78, 5) is 18.1. The molecule has 102 valence electrons. The second-order valence-electron chi connectivity index (χ2n) is 4.36. The van der Waals surface area contributed by atoms with Gasteiger partial charge < -0.3 is 20.6 Å². The van der Waals surface area contributed by atoms with Gasteiger partial charge in [-0.2, -0.15) is 0 Å². The SMILES string of the molecule is CN1CCN=C1NCCNC(=O)c1ccc(O)cc1. The summed E-state index contributed by atoms with van der Waals surface area (Å²) in [5, 5.41) is 15.1. The molecule has 0 saturated carbocycles. The fraction of sp³-hybridized carbons (Fsp3) is 0.385. The smallest absolute Gasteiger partial charge is 0.251 e. The van der Waals surface area contributed by atoms with E-state index in [2.05, 4.69) is 15.6 Å². The van der Waals surface area contributed by atoms with Crippen LogP contribution in [0.1, 0.15) is 10.4 Å². The van der Waals surface area contributed by atoms with Crippen molar-refractivity contribution in [1.29, 1.82) is 0 Å². The van der Waals surface area contributed by atoms with Crippen molar-refractivity contribution < 1.29 is 9.90 Å². The van der Waals surface area contributed by atoms with E-state index in [1.165, 1.54) is 12.1 Å². The highest BCUT2D eigenvalue weighted by atomic mass is 16.3. The van der Waals surface area contributed by atoms with Crippen molar-refractivity contribution in [3.05, 3.63) is 29.8 Å². The first-order chi connectivity index (χ1) is 9.16. The van der Waals surface area contributed by atoms with Gasteiger partial charge in [-0.3, -0.25) is 9.79 Å². The van der Waals surface area contributed by atoms with Crippen molar-refractivity contribution in [2.45, 2.75) is 0 Å². The number of hydrogen-bond donors (Lipinski definition) is 3. The summed E-state index contributed by atoms with van der Waals surface area (Å²) in [5.74, 6) is 0.878. The van der Waals surface area contributed by atoms with E-state index in [0.29, 0.717) is 18.7 Å². The molecule has 1 aliphatic rings. The fourth-order valence-corrected chi connectivity index (χ4v) is 1.79. The van der Waals surface area contributed by atoms with Gasteiger partial charge >= 0.3 is 0 Å². The average molecular weight is 262 g/mol. The number of likely N-dealkylation sites (N-methyl/N-ethyl adjacent to an activating group) is 1. The first kappa shape index (κ1) is 13.2. The summed E-state index contributed by atoms with van der Waals surface area (Å²) in [6, 6.07) is 6.17. The van der Waals surface area contributed by atoms with Gasteiger partial charge in [-0.25, -0.2) is 0 Å². The normalized spacial score (nSPS) is 14.2. The lowest BCUT2D eigenvalue weighted by molar-refractivity contribution is 0.0954. The van der Waals surface area contributed by atoms with Gasteiger partial charge in [0.15, 0.2) is 5.96 Å². The Hall–Kier alpha value is -2.24. The maximum absolute atomic E-state index is 11.8. The van der Waals surface area contributed by atoms with Gasteiger partial charge in [0, 0.05) is 32.2 Å². The number of aliphatic imine (C=N–C) groups is 1. The van der Waals surface area contributed by atoms with Crippen LogP contribution in [0.2, 0.25) is 0 Å². The number of amides is 1. The number of hydrogen-bond acceptors (Lipinski definition) is 5. The Balaban J connectivity index is 1.71. The van der Waals surface area contributed by atoms with Crippen LogP contribution >= 0.6 is 0 Å². The number of phenolic OH excluding ortho intramolecular Hbond substituents is 1. The molecule has 1 aliphatic heterocycles. The first-order valence-corrected chi connectivity index (χ1v) is 6.23. The summed E-state index contributed by atoms with van der Waals surface area (Å²) in [6.45, 7) is 2.90. The highest BCUT2D eigenvalue weighted by Gasteiger charge is 2.11. The van der Waals surface area contributed by atoms with E-state index >= 15 is 0 Å². The van der Waals surface area contributed by atoms with E-state index < -0.39 is 0 Å². The maximum Gasteiger partial charge on any atom is 0.251 e. The van der Waals surface area contributed by atoms with Crippen LogP contribution in [-0.2, 0) is 0 Å². The number of nitrogens with zero attached hydrogens (tertiary/aromatic N) is 2. The topological polar surface area (TPSA) is 77.0 Å². The Bertz CT molecular complexity index is 470. The van der Waals surface area contributed by atoms with E-state index in [9.17, 15) is 4.79 Å². The number of carbonyl (C=O) groups excluding carboxylic acids is 1. The second kappa shape index (κ2) is 6.08. The molecule has 2 rings (SSSR count). The van der Waals surface area contributed by atoms with Crippen LogP contribution in [0.4, 0.5) is 0 Å². The first-order valence-electron chi connectivity index (χ1n) is 6.23. The Kier molecular flexibility index (Phi) is 4.22. The molecule has 0 aromatic heterocycles. The minimum absolute atomic E-state index is 0.150. The summed E-state index contributed by atoms with van der Waals surface area (Å²) < 4.78 is 0. The zero-order valence-corrected chi connectivity index (χ0v) is 10.9. The summed E-state index contributed by atoms with van der Waals surface area (Å²) in [6.07, 6.45) is 0. The van der Waals surface area contributed by atoms with Crippen molar-refractivity contribution in [2.24, 2.45) is 4.99 Å². The zero-order chi connectivity index (χ0) is 13.7. The van der Waals surface area contributed by atoms with Crippen LogP contribution in [0.25, 0.3) is 0 Å². The molecular weight excluding hydrogens is 244 g/mol. The number of rotatable bonds is 4. The average Bonchev–Trinajstić information content (AvgIpc) is 2.81. The molecule has 0 spiro atoms. The zero-order valence-electron chi connectivity index (χ0n) is 10.9. The number of nitrogens with one attached hydrogen (secondary N) is 2. The predicted octanol–water partition coefficient (Wildman–Crippen LogP) is 0.0130. The van der Waals surface area contributed by atoms with Crippen LogP contribution in [0.5, 0.6) is 5.75 Å². The standard InChI is InChI=1S/C13H18N4O2/c1-17-9-8-16-13(17)15-7-6-14-12(19)10-2-4-11(18)5-3-10/h2-5,18H,6-9H2,1H3,(H,14,19)(H,15,16). The Morgan fingerprint density at radius 2 is 2.11 bits per heavy atom. The lowest BCUT2D eigenvalue weighted by Gasteiger charge is -2.15. The van der Waals surface area contributed by atoms with Gasteiger partial charge in [-0.15, -0.1) is 0 Å². The molecule has 0 aliphatic carbocycles. The quantitative estimate of drug-likeness (QED) is 0.668.